The highest BCUT2D eigenvalue weighted by atomic mass is 16.5. The highest BCUT2D eigenvalue weighted by Gasteiger charge is 2.22. The van der Waals surface area contributed by atoms with Gasteiger partial charge in [0.2, 0.25) is 5.91 Å². The molecule has 32 heavy (non-hydrogen) atoms. The van der Waals surface area contributed by atoms with E-state index in [4.69, 9.17) is 14.5 Å². The van der Waals surface area contributed by atoms with E-state index in [1.807, 2.05) is 24.3 Å². The first kappa shape index (κ1) is 22.3. The van der Waals surface area contributed by atoms with Crippen LogP contribution in [0.1, 0.15) is 43.5 Å². The van der Waals surface area contributed by atoms with Crippen molar-refractivity contribution >= 4 is 16.9 Å². The van der Waals surface area contributed by atoms with Crippen LogP contribution in [0.4, 0.5) is 0 Å². The summed E-state index contributed by atoms with van der Waals surface area (Å²) in [5.41, 5.74) is 3.33. The van der Waals surface area contributed by atoms with E-state index in [-0.39, 0.29) is 12.0 Å². The lowest BCUT2D eigenvalue weighted by Crippen LogP contribution is -2.34. The average Bonchev–Trinajstić information content (AvgIpc) is 3.46. The van der Waals surface area contributed by atoms with Gasteiger partial charge in [0, 0.05) is 19.6 Å². The number of nitrogens with zero attached hydrogens (tertiary/aromatic N) is 2. The predicted molar refractivity (Wildman–Crippen MR) is 126 cm³/mol. The van der Waals surface area contributed by atoms with Crippen molar-refractivity contribution < 1.29 is 14.3 Å². The molecule has 4 rings (SSSR count). The van der Waals surface area contributed by atoms with E-state index in [1.165, 1.54) is 0 Å². The lowest BCUT2D eigenvalue weighted by Gasteiger charge is -2.12. The first-order valence-corrected chi connectivity index (χ1v) is 11.7. The van der Waals surface area contributed by atoms with Crippen LogP contribution in [0.3, 0.4) is 0 Å². The topological polar surface area (TPSA) is 65.4 Å². The molecule has 0 bridgehead atoms. The zero-order valence-electron chi connectivity index (χ0n) is 18.9. The van der Waals surface area contributed by atoms with Gasteiger partial charge >= 0.3 is 0 Å². The van der Waals surface area contributed by atoms with Crippen LogP contribution in [-0.4, -0.2) is 41.3 Å². The fourth-order valence-electron chi connectivity index (χ4n) is 4.23. The number of carbonyl (C=O) groups is 1. The van der Waals surface area contributed by atoms with Crippen LogP contribution in [0.2, 0.25) is 0 Å². The van der Waals surface area contributed by atoms with Gasteiger partial charge in [0.15, 0.2) is 0 Å². The molecule has 1 aliphatic rings. The fraction of sp³-hybridized carbons (Fsp3) is 0.462. The maximum Gasteiger partial charge on any atom is 0.249 e. The molecule has 1 fully saturated rings. The number of hydrogen-bond donors (Lipinski definition) is 1. The van der Waals surface area contributed by atoms with E-state index >= 15 is 0 Å². The molecular weight excluding hydrogens is 402 g/mol. The Bertz CT molecular complexity index is 1020. The Morgan fingerprint density at radius 3 is 2.84 bits per heavy atom. The molecule has 1 unspecified atom stereocenters. The van der Waals surface area contributed by atoms with Gasteiger partial charge < -0.3 is 19.4 Å². The second-order valence-electron chi connectivity index (χ2n) is 8.39. The molecule has 2 aromatic carbocycles. The summed E-state index contributed by atoms with van der Waals surface area (Å²) in [6, 6.07) is 16.4. The number of aromatic nitrogens is 2. The molecule has 170 valence electrons. The number of aryl methyl sites for hydroxylation is 2. The fourth-order valence-corrected chi connectivity index (χ4v) is 4.23. The van der Waals surface area contributed by atoms with E-state index in [9.17, 15) is 4.79 Å². The Labute approximate surface area is 189 Å². The van der Waals surface area contributed by atoms with Gasteiger partial charge in [-0.05, 0) is 56.4 Å². The number of rotatable bonds is 11. The molecule has 2 heterocycles. The van der Waals surface area contributed by atoms with Crippen LogP contribution in [0, 0.1) is 6.92 Å². The summed E-state index contributed by atoms with van der Waals surface area (Å²) >= 11 is 0. The third-order valence-electron chi connectivity index (χ3n) is 6.00. The summed E-state index contributed by atoms with van der Waals surface area (Å²) in [5.74, 6) is 2.07. The molecule has 1 atom stereocenters. The molecule has 0 radical (unpaired) electrons. The van der Waals surface area contributed by atoms with Gasteiger partial charge in [0.25, 0.3) is 0 Å². The van der Waals surface area contributed by atoms with Gasteiger partial charge in [0.1, 0.15) is 24.3 Å². The Morgan fingerprint density at radius 2 is 2.00 bits per heavy atom. The maximum atomic E-state index is 12.0. The first-order chi connectivity index (χ1) is 15.7. The number of benzene rings is 2. The van der Waals surface area contributed by atoms with Gasteiger partial charge in [-0.2, -0.15) is 0 Å². The molecule has 1 amide bonds. The summed E-state index contributed by atoms with van der Waals surface area (Å²) in [5, 5.41) is 3.00. The maximum absolute atomic E-state index is 12.0. The number of imidazole rings is 1. The minimum Gasteiger partial charge on any atom is -0.491 e. The molecule has 1 N–H and O–H groups in total. The molecule has 3 aromatic rings. The molecular formula is C26H33N3O3. The number of ether oxygens (including phenoxy) is 2. The number of hydrogen-bond acceptors (Lipinski definition) is 4. The normalized spacial score (nSPS) is 15.8. The summed E-state index contributed by atoms with van der Waals surface area (Å²) in [6.07, 6.45) is 5.56. The number of carbonyl (C=O) groups excluding carboxylic acids is 1. The largest absolute Gasteiger partial charge is 0.491 e. The standard InChI is InChI=1S/C26H33N3O3/c1-20-10-4-7-13-23(20)32-19-17-29-22-12-6-5-11-21(22)28-25(29)15-3-2-8-16-27-26(30)24-14-9-18-31-24/h4-7,10-13,24H,2-3,8-9,14-19H2,1H3,(H,27,30). The van der Waals surface area contributed by atoms with Gasteiger partial charge in [-0.25, -0.2) is 4.98 Å². The average molecular weight is 436 g/mol. The van der Waals surface area contributed by atoms with Crippen molar-refractivity contribution in [1.82, 2.24) is 14.9 Å². The van der Waals surface area contributed by atoms with Gasteiger partial charge in [-0.15, -0.1) is 0 Å². The van der Waals surface area contributed by atoms with Crippen molar-refractivity contribution in [2.45, 2.75) is 58.1 Å². The molecule has 0 spiro atoms. The lowest BCUT2D eigenvalue weighted by atomic mass is 10.2. The third-order valence-corrected chi connectivity index (χ3v) is 6.00. The highest BCUT2D eigenvalue weighted by Crippen LogP contribution is 2.20. The van der Waals surface area contributed by atoms with Gasteiger partial charge in [-0.1, -0.05) is 36.8 Å². The molecule has 6 heteroatoms. The number of unbranched alkanes of at least 4 members (excludes halogenated alkanes) is 2. The summed E-state index contributed by atoms with van der Waals surface area (Å²) < 4.78 is 13.7. The van der Waals surface area contributed by atoms with Crippen LogP contribution >= 0.6 is 0 Å². The lowest BCUT2D eigenvalue weighted by molar-refractivity contribution is -0.130. The van der Waals surface area contributed by atoms with Crippen LogP contribution in [0.25, 0.3) is 11.0 Å². The van der Waals surface area contributed by atoms with E-state index < -0.39 is 0 Å². The van der Waals surface area contributed by atoms with Crippen LogP contribution < -0.4 is 10.1 Å². The Hall–Kier alpha value is -2.86. The van der Waals surface area contributed by atoms with Crippen molar-refractivity contribution in [2.24, 2.45) is 0 Å². The summed E-state index contributed by atoms with van der Waals surface area (Å²) in [7, 11) is 0. The quantitative estimate of drug-likeness (QED) is 0.453. The Morgan fingerprint density at radius 1 is 1.16 bits per heavy atom. The Balaban J connectivity index is 1.27. The van der Waals surface area contributed by atoms with Crippen LogP contribution in [0.15, 0.2) is 48.5 Å². The van der Waals surface area contributed by atoms with Crippen molar-refractivity contribution in [1.29, 1.82) is 0 Å². The molecule has 1 aliphatic heterocycles. The van der Waals surface area contributed by atoms with Gasteiger partial charge in [-0.3, -0.25) is 4.79 Å². The molecule has 1 aromatic heterocycles. The number of para-hydroxylation sites is 3. The smallest absolute Gasteiger partial charge is 0.249 e. The molecule has 0 aliphatic carbocycles. The molecule has 0 saturated carbocycles. The van der Waals surface area contributed by atoms with E-state index in [0.29, 0.717) is 19.8 Å². The van der Waals surface area contributed by atoms with Crippen molar-refractivity contribution in [3.63, 3.8) is 0 Å². The third kappa shape index (κ3) is 5.68. The SMILES string of the molecule is Cc1ccccc1OCCn1c(CCCCCNC(=O)C2CCCO2)nc2ccccc21. The van der Waals surface area contributed by atoms with Crippen molar-refractivity contribution in [2.75, 3.05) is 19.8 Å². The second kappa shape index (κ2) is 11.1. The van der Waals surface area contributed by atoms with E-state index in [1.54, 1.807) is 0 Å². The number of fused-ring (bicyclic) bond motifs is 1. The first-order valence-electron chi connectivity index (χ1n) is 11.7. The molecule has 1 saturated heterocycles. The monoisotopic (exact) mass is 435 g/mol. The zero-order valence-corrected chi connectivity index (χ0v) is 18.9. The minimum atomic E-state index is -0.239. The predicted octanol–water partition coefficient (Wildman–Crippen LogP) is 4.43. The molecule has 6 nitrogen and oxygen atoms in total. The van der Waals surface area contributed by atoms with Crippen LogP contribution in [-0.2, 0) is 22.5 Å². The number of amides is 1. The highest BCUT2D eigenvalue weighted by molar-refractivity contribution is 5.80. The summed E-state index contributed by atoms with van der Waals surface area (Å²) in [6.45, 7) is 4.85. The van der Waals surface area contributed by atoms with Crippen molar-refractivity contribution in [3.05, 3.63) is 59.9 Å². The van der Waals surface area contributed by atoms with E-state index in [0.717, 1.165) is 73.2 Å². The van der Waals surface area contributed by atoms with Gasteiger partial charge in [0.05, 0.1) is 17.6 Å². The minimum absolute atomic E-state index is 0.0398. The van der Waals surface area contributed by atoms with Crippen molar-refractivity contribution in [3.8, 4) is 5.75 Å². The van der Waals surface area contributed by atoms with Crippen LogP contribution in [0.5, 0.6) is 5.75 Å². The zero-order chi connectivity index (χ0) is 22.2. The Kier molecular flexibility index (Phi) is 7.77. The van der Waals surface area contributed by atoms with E-state index in [2.05, 4.69) is 41.1 Å². The summed E-state index contributed by atoms with van der Waals surface area (Å²) in [4.78, 5) is 16.9. The second-order valence-corrected chi connectivity index (χ2v) is 8.39. The number of nitrogens with one attached hydrogen (secondary N) is 1.